The highest BCUT2D eigenvalue weighted by Crippen LogP contribution is 2.20. The van der Waals surface area contributed by atoms with Crippen LogP contribution in [0.15, 0.2) is 40.9 Å². The molecular formula is C13H12N2O3. The molecule has 0 radical (unpaired) electrons. The fourth-order valence-corrected chi connectivity index (χ4v) is 1.85. The molecule has 0 bridgehead atoms. The number of hydrogen-bond acceptors (Lipinski definition) is 4. The lowest BCUT2D eigenvalue weighted by Gasteiger charge is -2.10. The van der Waals surface area contributed by atoms with E-state index in [4.69, 9.17) is 9.36 Å². The molecule has 0 N–H and O–H groups in total. The van der Waals surface area contributed by atoms with Gasteiger partial charge in [-0.05, 0) is 6.42 Å². The van der Waals surface area contributed by atoms with Gasteiger partial charge in [0, 0.05) is 11.6 Å². The molecule has 1 aliphatic heterocycles. The van der Waals surface area contributed by atoms with Crippen LogP contribution in [-0.2, 0) is 4.84 Å². The maximum absolute atomic E-state index is 12.0. The molecule has 2 aromatic rings. The molecule has 3 rings (SSSR count). The number of rotatable bonds is 2. The Labute approximate surface area is 104 Å². The second kappa shape index (κ2) is 4.62. The third-order valence-corrected chi connectivity index (χ3v) is 2.77. The number of amides is 1. The van der Waals surface area contributed by atoms with Crippen molar-refractivity contribution in [3.05, 3.63) is 42.2 Å². The Morgan fingerprint density at radius 3 is 2.83 bits per heavy atom. The Kier molecular flexibility index (Phi) is 2.82. The monoisotopic (exact) mass is 244 g/mol. The van der Waals surface area contributed by atoms with Crippen molar-refractivity contribution in [1.29, 1.82) is 0 Å². The van der Waals surface area contributed by atoms with Crippen LogP contribution in [-0.4, -0.2) is 29.3 Å². The van der Waals surface area contributed by atoms with E-state index in [1.807, 2.05) is 30.3 Å². The Bertz CT molecular complexity index is 544. The molecule has 5 nitrogen and oxygen atoms in total. The van der Waals surface area contributed by atoms with Crippen molar-refractivity contribution in [2.45, 2.75) is 6.42 Å². The van der Waals surface area contributed by atoms with E-state index in [-0.39, 0.29) is 11.7 Å². The van der Waals surface area contributed by atoms with Crippen molar-refractivity contribution < 1.29 is 14.2 Å². The van der Waals surface area contributed by atoms with Crippen LogP contribution in [0.2, 0.25) is 0 Å². The molecule has 18 heavy (non-hydrogen) atoms. The summed E-state index contributed by atoms with van der Waals surface area (Å²) >= 11 is 0. The fraction of sp³-hybridized carbons (Fsp3) is 0.231. The van der Waals surface area contributed by atoms with Crippen LogP contribution in [0, 0.1) is 0 Å². The normalized spacial score (nSPS) is 15.0. The second-order valence-corrected chi connectivity index (χ2v) is 4.04. The first-order chi connectivity index (χ1) is 8.84. The van der Waals surface area contributed by atoms with Crippen molar-refractivity contribution in [3.63, 3.8) is 0 Å². The van der Waals surface area contributed by atoms with E-state index >= 15 is 0 Å². The molecule has 0 spiro atoms. The number of carbonyl (C=O) groups excluding carboxylic acids is 1. The van der Waals surface area contributed by atoms with Gasteiger partial charge < -0.3 is 4.52 Å². The van der Waals surface area contributed by atoms with Gasteiger partial charge in [-0.3, -0.25) is 9.63 Å². The molecule has 1 amide bonds. The standard InChI is InChI=1S/C13H12N2O3/c16-13(15-7-4-8-17-15)12-9-11(14-18-12)10-5-2-1-3-6-10/h1-3,5-6,9H,4,7-8H2. The molecule has 0 saturated carbocycles. The summed E-state index contributed by atoms with van der Waals surface area (Å²) in [6.45, 7) is 1.17. The minimum atomic E-state index is -0.276. The summed E-state index contributed by atoms with van der Waals surface area (Å²) in [6, 6.07) is 11.2. The molecule has 1 fully saturated rings. The minimum Gasteiger partial charge on any atom is -0.350 e. The summed E-state index contributed by atoms with van der Waals surface area (Å²) in [6.07, 6.45) is 0.853. The third kappa shape index (κ3) is 2.00. The maximum atomic E-state index is 12.0. The average Bonchev–Trinajstić information content (AvgIpc) is 3.10. The van der Waals surface area contributed by atoms with E-state index < -0.39 is 0 Å². The third-order valence-electron chi connectivity index (χ3n) is 2.77. The SMILES string of the molecule is O=C(c1cc(-c2ccccc2)no1)N1CCCO1. The second-order valence-electron chi connectivity index (χ2n) is 4.04. The smallest absolute Gasteiger partial charge is 0.316 e. The van der Waals surface area contributed by atoms with E-state index in [0.29, 0.717) is 18.8 Å². The highest BCUT2D eigenvalue weighted by molar-refractivity contribution is 5.91. The molecule has 1 aromatic heterocycles. The zero-order valence-electron chi connectivity index (χ0n) is 9.70. The van der Waals surface area contributed by atoms with E-state index in [0.717, 1.165) is 12.0 Å². The Balaban J connectivity index is 1.83. The van der Waals surface area contributed by atoms with Crippen molar-refractivity contribution >= 4 is 5.91 Å². The van der Waals surface area contributed by atoms with Crippen molar-refractivity contribution in [2.24, 2.45) is 0 Å². The number of hydroxylamine groups is 2. The van der Waals surface area contributed by atoms with Gasteiger partial charge in [-0.15, -0.1) is 0 Å². The summed E-state index contributed by atoms with van der Waals surface area (Å²) in [5.74, 6) is -0.0714. The number of benzene rings is 1. The quantitative estimate of drug-likeness (QED) is 0.812. The molecule has 0 aliphatic carbocycles. The lowest BCUT2D eigenvalue weighted by molar-refractivity contribution is -0.0787. The fourth-order valence-electron chi connectivity index (χ4n) is 1.85. The minimum absolute atomic E-state index is 0.204. The number of carbonyl (C=O) groups is 1. The first kappa shape index (κ1) is 11.0. The Morgan fingerprint density at radius 1 is 1.28 bits per heavy atom. The Hall–Kier alpha value is -2.14. The topological polar surface area (TPSA) is 55.6 Å². The number of aromatic nitrogens is 1. The van der Waals surface area contributed by atoms with Crippen LogP contribution >= 0.6 is 0 Å². The van der Waals surface area contributed by atoms with E-state index in [2.05, 4.69) is 5.16 Å². The van der Waals surface area contributed by atoms with Crippen molar-refractivity contribution in [3.8, 4) is 11.3 Å². The van der Waals surface area contributed by atoms with E-state index in [9.17, 15) is 4.79 Å². The summed E-state index contributed by atoms with van der Waals surface area (Å²) < 4.78 is 5.07. The summed E-state index contributed by atoms with van der Waals surface area (Å²) in [4.78, 5) is 17.1. The lowest BCUT2D eigenvalue weighted by atomic mass is 10.1. The van der Waals surface area contributed by atoms with Gasteiger partial charge in [-0.2, -0.15) is 0 Å². The predicted octanol–water partition coefficient (Wildman–Crippen LogP) is 2.12. The van der Waals surface area contributed by atoms with Gasteiger partial charge in [0.05, 0.1) is 13.2 Å². The summed E-state index contributed by atoms with van der Waals surface area (Å²) in [5, 5.41) is 5.22. The van der Waals surface area contributed by atoms with E-state index in [1.54, 1.807) is 6.07 Å². The molecule has 1 saturated heterocycles. The van der Waals surface area contributed by atoms with Crippen molar-refractivity contribution in [1.82, 2.24) is 10.2 Å². The summed E-state index contributed by atoms with van der Waals surface area (Å²) in [7, 11) is 0. The van der Waals surface area contributed by atoms with Gasteiger partial charge in [0.25, 0.3) is 0 Å². The molecule has 5 heteroatoms. The van der Waals surface area contributed by atoms with Gasteiger partial charge >= 0.3 is 5.91 Å². The van der Waals surface area contributed by atoms with Crippen LogP contribution in [0.3, 0.4) is 0 Å². The van der Waals surface area contributed by atoms with E-state index in [1.165, 1.54) is 5.06 Å². The van der Waals surface area contributed by atoms with Gasteiger partial charge in [0.2, 0.25) is 5.76 Å². The van der Waals surface area contributed by atoms with Crippen molar-refractivity contribution in [2.75, 3.05) is 13.2 Å². The molecular weight excluding hydrogens is 232 g/mol. The predicted molar refractivity (Wildman–Crippen MR) is 63.5 cm³/mol. The summed E-state index contributed by atoms with van der Waals surface area (Å²) in [5.41, 5.74) is 1.57. The maximum Gasteiger partial charge on any atom is 0.316 e. The Morgan fingerprint density at radius 2 is 2.11 bits per heavy atom. The zero-order chi connectivity index (χ0) is 12.4. The van der Waals surface area contributed by atoms with Gasteiger partial charge in [0.1, 0.15) is 5.69 Å². The van der Waals surface area contributed by atoms with Crippen LogP contribution in [0.1, 0.15) is 17.0 Å². The molecule has 0 atom stereocenters. The molecule has 1 aliphatic rings. The number of hydrogen-bond donors (Lipinski definition) is 0. The molecule has 1 aromatic carbocycles. The first-order valence-corrected chi connectivity index (χ1v) is 5.81. The van der Waals surface area contributed by atoms with Gasteiger partial charge in [-0.1, -0.05) is 35.5 Å². The first-order valence-electron chi connectivity index (χ1n) is 5.81. The van der Waals surface area contributed by atoms with Crippen LogP contribution < -0.4 is 0 Å². The van der Waals surface area contributed by atoms with Crippen LogP contribution in [0.5, 0.6) is 0 Å². The highest BCUT2D eigenvalue weighted by Gasteiger charge is 2.24. The highest BCUT2D eigenvalue weighted by atomic mass is 16.7. The average molecular weight is 244 g/mol. The molecule has 2 heterocycles. The lowest BCUT2D eigenvalue weighted by Crippen LogP contribution is -2.25. The van der Waals surface area contributed by atoms with Gasteiger partial charge in [-0.25, -0.2) is 5.06 Å². The largest absolute Gasteiger partial charge is 0.350 e. The molecule has 92 valence electrons. The molecule has 0 unspecified atom stereocenters. The number of nitrogens with zero attached hydrogens (tertiary/aromatic N) is 2. The zero-order valence-corrected chi connectivity index (χ0v) is 9.70. The van der Waals surface area contributed by atoms with Crippen LogP contribution in [0.4, 0.5) is 0 Å². The van der Waals surface area contributed by atoms with Crippen LogP contribution in [0.25, 0.3) is 11.3 Å². The van der Waals surface area contributed by atoms with Gasteiger partial charge in [0.15, 0.2) is 0 Å².